The van der Waals surface area contributed by atoms with Crippen molar-refractivity contribution in [3.8, 4) is 5.75 Å². The Kier molecular flexibility index (Phi) is 5.53. The highest BCUT2D eigenvalue weighted by molar-refractivity contribution is 7.07. The number of aliphatic imine (C=N–C) groups is 1. The lowest BCUT2D eigenvalue weighted by atomic mass is 10.2. The third-order valence-electron chi connectivity index (χ3n) is 3.91. The average molecular weight is 366 g/mol. The molecule has 134 valence electrons. The van der Waals surface area contributed by atoms with Gasteiger partial charge in [-0.25, -0.2) is 8.95 Å². The average Bonchev–Trinajstić information content (AvgIpc) is 3.00. The van der Waals surface area contributed by atoms with Crippen LogP contribution in [0.4, 0.5) is 11.4 Å². The van der Waals surface area contributed by atoms with Gasteiger partial charge >= 0.3 is 0 Å². The van der Waals surface area contributed by atoms with Crippen molar-refractivity contribution in [2.24, 2.45) is 4.99 Å². The first-order valence-corrected chi connectivity index (χ1v) is 9.20. The Labute approximate surface area is 157 Å². The van der Waals surface area contributed by atoms with Crippen LogP contribution in [0.2, 0.25) is 0 Å². The van der Waals surface area contributed by atoms with Gasteiger partial charge in [0.2, 0.25) is 5.96 Å². The number of aryl methyl sites for hydroxylation is 2. The molecule has 1 heterocycles. The summed E-state index contributed by atoms with van der Waals surface area (Å²) >= 11 is 1.49. The van der Waals surface area contributed by atoms with E-state index < -0.39 is 0 Å². The van der Waals surface area contributed by atoms with Gasteiger partial charge in [0.05, 0.1) is 12.8 Å². The number of methoxy groups -OCH3 is 1. The van der Waals surface area contributed by atoms with Gasteiger partial charge in [-0.15, -0.1) is 0 Å². The molecule has 0 aliphatic heterocycles. The van der Waals surface area contributed by atoms with E-state index in [0.717, 1.165) is 28.4 Å². The van der Waals surface area contributed by atoms with Crippen molar-refractivity contribution in [2.75, 3.05) is 12.4 Å². The zero-order chi connectivity index (χ0) is 18.5. The molecule has 0 aliphatic rings. The Hall–Kier alpha value is -2.86. The molecule has 3 aromatic rings. The minimum atomic E-state index is 0.400. The predicted octanol–water partition coefficient (Wildman–Crippen LogP) is 4.56. The summed E-state index contributed by atoms with van der Waals surface area (Å²) in [4.78, 5) is 5.80. The van der Waals surface area contributed by atoms with Crippen LogP contribution in [0.5, 0.6) is 5.75 Å². The van der Waals surface area contributed by atoms with E-state index in [1.807, 2.05) is 49.4 Å². The molecule has 0 radical (unpaired) electrons. The maximum Gasteiger partial charge on any atom is 0.223 e. The molecule has 0 saturated carbocycles. The zero-order valence-corrected chi connectivity index (χ0v) is 15.9. The lowest BCUT2D eigenvalue weighted by Gasteiger charge is -2.11. The van der Waals surface area contributed by atoms with Crippen molar-refractivity contribution in [1.82, 2.24) is 3.96 Å². The molecule has 0 spiro atoms. The van der Waals surface area contributed by atoms with Gasteiger partial charge in [-0.1, -0.05) is 30.6 Å². The van der Waals surface area contributed by atoms with Crippen molar-refractivity contribution in [3.63, 3.8) is 0 Å². The quantitative estimate of drug-likeness (QED) is 0.525. The van der Waals surface area contributed by atoms with Gasteiger partial charge in [-0.3, -0.25) is 5.41 Å². The van der Waals surface area contributed by atoms with Gasteiger partial charge < -0.3 is 10.1 Å². The standard InChI is InChI=1S/C20H22N4OS/c1-4-15-5-7-16(8-6-15)22-20(24-19(21)13-14(2)26-24)23-17-9-11-18(25-3)12-10-17/h5-13,21H,4H2,1-3H3,(H,22,23). The maximum absolute atomic E-state index is 8.21. The second kappa shape index (κ2) is 8.01. The van der Waals surface area contributed by atoms with Crippen molar-refractivity contribution in [1.29, 1.82) is 5.41 Å². The minimum Gasteiger partial charge on any atom is -0.497 e. The fraction of sp³-hybridized carbons (Fsp3) is 0.200. The molecule has 0 amide bonds. The Morgan fingerprint density at radius 2 is 1.85 bits per heavy atom. The Morgan fingerprint density at radius 3 is 2.38 bits per heavy atom. The van der Waals surface area contributed by atoms with Gasteiger partial charge in [-0.2, -0.15) is 0 Å². The summed E-state index contributed by atoms with van der Waals surface area (Å²) in [6.07, 6.45) is 0.997. The van der Waals surface area contributed by atoms with Crippen LogP contribution < -0.4 is 15.5 Å². The number of nitrogens with one attached hydrogen (secondary N) is 2. The Balaban J connectivity index is 1.98. The Morgan fingerprint density at radius 1 is 1.15 bits per heavy atom. The number of anilines is 1. The summed E-state index contributed by atoms with van der Waals surface area (Å²) in [6.45, 7) is 4.12. The molecule has 0 atom stereocenters. The van der Waals surface area contributed by atoms with Gasteiger partial charge in [0.1, 0.15) is 11.2 Å². The number of benzene rings is 2. The summed E-state index contributed by atoms with van der Waals surface area (Å²) in [5, 5.41) is 11.5. The number of rotatable bonds is 4. The second-order valence-electron chi connectivity index (χ2n) is 5.83. The molecule has 0 bridgehead atoms. The number of ether oxygens (including phenoxy) is 1. The highest BCUT2D eigenvalue weighted by Gasteiger charge is 2.08. The number of aromatic nitrogens is 1. The summed E-state index contributed by atoms with van der Waals surface area (Å²) < 4.78 is 6.99. The van der Waals surface area contributed by atoms with Crippen LogP contribution >= 0.6 is 11.5 Å². The van der Waals surface area contributed by atoms with Crippen LogP contribution in [-0.4, -0.2) is 17.0 Å². The topological polar surface area (TPSA) is 62.4 Å². The van der Waals surface area contributed by atoms with Gasteiger partial charge in [0, 0.05) is 10.6 Å². The van der Waals surface area contributed by atoms with Crippen LogP contribution in [0.25, 0.3) is 0 Å². The summed E-state index contributed by atoms with van der Waals surface area (Å²) in [7, 11) is 1.64. The fourth-order valence-electron chi connectivity index (χ4n) is 2.48. The molecule has 0 aliphatic carbocycles. The van der Waals surface area contributed by atoms with Gasteiger partial charge in [-0.05, 0) is 61.4 Å². The second-order valence-corrected chi connectivity index (χ2v) is 7.03. The largest absolute Gasteiger partial charge is 0.497 e. The first-order valence-electron chi connectivity index (χ1n) is 8.42. The van der Waals surface area contributed by atoms with Crippen molar-refractivity contribution in [2.45, 2.75) is 20.3 Å². The summed E-state index contributed by atoms with van der Waals surface area (Å²) in [5.74, 6) is 1.40. The molecule has 2 N–H and O–H groups in total. The van der Waals surface area contributed by atoms with E-state index in [2.05, 4.69) is 24.4 Å². The normalized spacial score (nSPS) is 11.4. The fourth-order valence-corrected chi connectivity index (χ4v) is 3.26. The molecule has 2 aromatic carbocycles. The highest BCUT2D eigenvalue weighted by atomic mass is 32.1. The Bertz CT molecular complexity index is 953. The molecular weight excluding hydrogens is 344 g/mol. The lowest BCUT2D eigenvalue weighted by molar-refractivity contribution is 0.415. The molecule has 0 fully saturated rings. The summed E-state index contributed by atoms with van der Waals surface area (Å²) in [6, 6.07) is 17.6. The van der Waals surface area contributed by atoms with E-state index in [4.69, 9.17) is 15.1 Å². The highest BCUT2D eigenvalue weighted by Crippen LogP contribution is 2.18. The summed E-state index contributed by atoms with van der Waals surface area (Å²) in [5.41, 5.74) is 3.40. The molecular formula is C20H22N4OS. The molecule has 3 rings (SSSR count). The predicted molar refractivity (Wildman–Crippen MR) is 108 cm³/mol. The molecule has 6 heteroatoms. The van der Waals surface area contributed by atoms with Gasteiger partial charge in [0.15, 0.2) is 0 Å². The van der Waals surface area contributed by atoms with E-state index in [9.17, 15) is 0 Å². The van der Waals surface area contributed by atoms with Crippen LogP contribution in [-0.2, 0) is 6.42 Å². The molecule has 5 nitrogen and oxygen atoms in total. The zero-order valence-electron chi connectivity index (χ0n) is 15.1. The van der Waals surface area contributed by atoms with E-state index in [1.54, 1.807) is 11.1 Å². The molecule has 0 unspecified atom stereocenters. The first-order chi connectivity index (χ1) is 12.6. The maximum atomic E-state index is 8.21. The minimum absolute atomic E-state index is 0.400. The third-order valence-corrected chi connectivity index (χ3v) is 4.87. The number of nitrogens with zero attached hydrogens (tertiary/aromatic N) is 2. The van der Waals surface area contributed by atoms with Gasteiger partial charge in [0.25, 0.3) is 0 Å². The van der Waals surface area contributed by atoms with Crippen LogP contribution in [0.3, 0.4) is 0 Å². The van der Waals surface area contributed by atoms with Crippen LogP contribution in [0.15, 0.2) is 59.6 Å². The monoisotopic (exact) mass is 366 g/mol. The van der Waals surface area contributed by atoms with E-state index >= 15 is 0 Å². The van der Waals surface area contributed by atoms with Crippen molar-refractivity contribution >= 4 is 28.9 Å². The molecule has 26 heavy (non-hydrogen) atoms. The van der Waals surface area contributed by atoms with E-state index in [-0.39, 0.29) is 0 Å². The van der Waals surface area contributed by atoms with E-state index in [0.29, 0.717) is 11.4 Å². The van der Waals surface area contributed by atoms with E-state index in [1.165, 1.54) is 17.1 Å². The molecule has 0 saturated heterocycles. The third kappa shape index (κ3) is 4.21. The lowest BCUT2D eigenvalue weighted by Crippen LogP contribution is -2.28. The van der Waals surface area contributed by atoms with Crippen LogP contribution in [0.1, 0.15) is 17.4 Å². The van der Waals surface area contributed by atoms with Crippen molar-refractivity contribution in [3.05, 3.63) is 70.5 Å². The smallest absolute Gasteiger partial charge is 0.223 e. The van der Waals surface area contributed by atoms with Crippen LogP contribution in [0, 0.1) is 12.3 Å². The first kappa shape index (κ1) is 17.9. The SMILES string of the molecule is CCc1ccc(N=C(Nc2ccc(OC)cc2)n2sc(C)cc2=N)cc1. The van der Waals surface area contributed by atoms with Crippen molar-refractivity contribution < 1.29 is 4.74 Å². The number of hydrogen-bond donors (Lipinski definition) is 2. The molecule has 1 aromatic heterocycles. The number of hydrogen-bond acceptors (Lipinski definition) is 4.